The molecule has 0 aliphatic carbocycles. The van der Waals surface area contributed by atoms with E-state index < -0.39 is 88.5 Å². The first-order valence-corrected chi connectivity index (χ1v) is 22.0. The first-order valence-electron chi connectivity index (χ1n) is 21.2. The molecule has 2 fully saturated rings. The minimum Gasteiger partial charge on any atom is -0.457 e. The zero-order chi connectivity index (χ0) is 46.6. The Bertz CT molecular complexity index is 2360. The van der Waals surface area contributed by atoms with Crippen LogP contribution < -0.4 is 4.74 Å². The van der Waals surface area contributed by atoms with E-state index in [2.05, 4.69) is 11.6 Å². The number of nitro groups is 1. The summed E-state index contributed by atoms with van der Waals surface area (Å²) in [6, 6.07) is 9.04. The number of amides is 2. The van der Waals surface area contributed by atoms with Crippen LogP contribution in [0.15, 0.2) is 61.2 Å². The van der Waals surface area contributed by atoms with Gasteiger partial charge in [0.15, 0.2) is 0 Å². The summed E-state index contributed by atoms with van der Waals surface area (Å²) in [5.74, 6) is -5.16. The largest absolute Gasteiger partial charge is 0.511 e. The molecule has 2 saturated heterocycles. The van der Waals surface area contributed by atoms with Crippen LogP contribution in [0, 0.1) is 34.3 Å². The van der Waals surface area contributed by atoms with Crippen molar-refractivity contribution in [3.8, 4) is 5.75 Å². The molecule has 2 aromatic carbocycles. The number of esters is 2. The van der Waals surface area contributed by atoms with Gasteiger partial charge in [-0.05, 0) is 74.8 Å². The maximum Gasteiger partial charge on any atom is 0.511 e. The number of epoxide rings is 1. The van der Waals surface area contributed by atoms with Crippen molar-refractivity contribution < 1.29 is 62.5 Å². The molecule has 0 unspecified atom stereocenters. The van der Waals surface area contributed by atoms with Gasteiger partial charge in [0.05, 0.1) is 44.5 Å². The van der Waals surface area contributed by atoms with Crippen LogP contribution in [0.2, 0.25) is 0 Å². The number of allylic oxidation sites excluding steroid dienone is 1. The normalized spacial score (nSPS) is 26.2. The number of benzene rings is 2. The Labute approximate surface area is 373 Å². The van der Waals surface area contributed by atoms with E-state index in [0.29, 0.717) is 43.2 Å². The van der Waals surface area contributed by atoms with Crippen LogP contribution in [-0.4, -0.2) is 79.6 Å². The second-order valence-electron chi connectivity index (χ2n) is 17.4. The lowest BCUT2D eigenvalue weighted by molar-refractivity contribution is -0.385. The van der Waals surface area contributed by atoms with E-state index in [9.17, 15) is 44.0 Å². The van der Waals surface area contributed by atoms with Crippen LogP contribution >= 0.6 is 11.3 Å². The molecule has 0 bridgehead atoms. The maximum atomic E-state index is 13.9. The van der Waals surface area contributed by atoms with Gasteiger partial charge in [0, 0.05) is 37.1 Å². The summed E-state index contributed by atoms with van der Waals surface area (Å²) in [5.41, 5.74) is -1.59. The topological polar surface area (TPSA) is 231 Å². The number of aromatic nitrogens is 1. The van der Waals surface area contributed by atoms with Gasteiger partial charge in [0.2, 0.25) is 5.75 Å². The lowest BCUT2D eigenvalue weighted by atomic mass is 9.72. The molecule has 1 N–H and O–H groups in total. The molecular weight excluding hydrogens is 851 g/mol. The third-order valence-electron chi connectivity index (χ3n) is 12.2. The Balaban J connectivity index is 1.20. The quantitative estimate of drug-likeness (QED) is 0.0349. The number of imide groups is 1. The van der Waals surface area contributed by atoms with Gasteiger partial charge >= 0.3 is 23.8 Å². The van der Waals surface area contributed by atoms with Crippen molar-refractivity contribution in [3.63, 3.8) is 0 Å². The van der Waals surface area contributed by atoms with Gasteiger partial charge in [-0.15, -0.1) is 17.9 Å². The first kappa shape index (κ1) is 47.6. The lowest BCUT2D eigenvalue weighted by Gasteiger charge is -2.33. The van der Waals surface area contributed by atoms with E-state index in [0.717, 1.165) is 32.8 Å². The Hall–Kier alpha value is -5.85. The number of ether oxygens (including phenoxy) is 5. The average Bonchev–Trinajstić information content (AvgIpc) is 3.42. The predicted molar refractivity (Wildman–Crippen MR) is 230 cm³/mol. The first-order chi connectivity index (χ1) is 30.2. The summed E-state index contributed by atoms with van der Waals surface area (Å²) in [6.45, 7) is 12.3. The van der Waals surface area contributed by atoms with Crippen molar-refractivity contribution in [1.82, 2.24) is 9.88 Å². The second kappa shape index (κ2) is 19.5. The van der Waals surface area contributed by atoms with Crippen molar-refractivity contribution >= 4 is 62.9 Å². The monoisotopic (exact) mass is 903 g/mol. The number of fused-ring (bicyclic) bond motifs is 2. The lowest BCUT2D eigenvalue weighted by Crippen LogP contribution is -2.42. The van der Waals surface area contributed by atoms with Crippen molar-refractivity contribution in [1.29, 1.82) is 0 Å². The number of hydrogen-bond acceptors (Lipinski definition) is 16. The standard InChI is InChI=1S/C46H53N3O14S/c1-7-10-31-21-27(2)11-8-19-45(6)46(63-45,25-35(30-14-16-36-32(23-30)47-28(3)64-36)61-41(54)24-37(50)44(4,5)42(31)55)62-43(56)59-26-29-13-15-34(33(22-29)49(57)58)60-40(53)12-9-20-48-38(51)17-18-39(48)52/h7,13-18,22-23,27,31,35,37,50H,1,8-12,19-21,24-26H2,2-6H3/t27-,31+,35-,37-,45+,46+/m0/s1. The zero-order valence-corrected chi connectivity index (χ0v) is 37.3. The molecule has 1 aromatic heterocycles. The number of nitrogens with zero attached hydrogens (tertiary/aromatic N) is 3. The number of cyclic esters (lactones) is 1. The highest BCUT2D eigenvalue weighted by Gasteiger charge is 2.71. The minimum absolute atomic E-state index is 0.0324. The number of thiazole rings is 1. The number of aliphatic hydroxyl groups excluding tert-OH is 1. The Morgan fingerprint density at radius 3 is 2.55 bits per heavy atom. The molecule has 4 heterocycles. The summed E-state index contributed by atoms with van der Waals surface area (Å²) in [4.78, 5) is 94.1. The molecule has 0 radical (unpaired) electrons. The fraction of sp³-hybridized carbons (Fsp3) is 0.500. The number of aliphatic hydroxyl groups is 1. The molecule has 6 atom stereocenters. The van der Waals surface area contributed by atoms with Crippen molar-refractivity contribution in [3.05, 3.63) is 87.5 Å². The molecule has 17 nitrogen and oxygen atoms in total. The van der Waals surface area contributed by atoms with Gasteiger partial charge in [-0.2, -0.15) is 0 Å². The zero-order valence-electron chi connectivity index (χ0n) is 36.5. The number of nitro benzene ring substituents is 1. The smallest absolute Gasteiger partial charge is 0.457 e. The van der Waals surface area contributed by atoms with Crippen LogP contribution in [-0.2, 0) is 49.5 Å². The fourth-order valence-corrected chi connectivity index (χ4v) is 9.15. The van der Waals surface area contributed by atoms with Gasteiger partial charge in [0.1, 0.15) is 24.1 Å². The Morgan fingerprint density at radius 1 is 1.11 bits per heavy atom. The molecule has 18 heteroatoms. The number of carbonyl (C=O) groups excluding carboxylic acids is 6. The molecular formula is C46H53N3O14S. The van der Waals surface area contributed by atoms with Crippen molar-refractivity contribution in [2.45, 2.75) is 123 Å². The molecule has 0 saturated carbocycles. The van der Waals surface area contributed by atoms with Crippen molar-refractivity contribution in [2.24, 2.45) is 17.3 Å². The van der Waals surface area contributed by atoms with E-state index >= 15 is 0 Å². The average molecular weight is 904 g/mol. The number of Topliss-reactive ketones (excluding diaryl/α,β-unsaturated/α-hetero) is 1. The fourth-order valence-electron chi connectivity index (χ4n) is 8.35. The number of hydrogen-bond donors (Lipinski definition) is 1. The van der Waals surface area contributed by atoms with Crippen LogP contribution in [0.25, 0.3) is 10.2 Å². The van der Waals surface area contributed by atoms with Gasteiger partial charge in [-0.3, -0.25) is 39.0 Å². The van der Waals surface area contributed by atoms with Gasteiger partial charge in [0.25, 0.3) is 17.6 Å². The second-order valence-corrected chi connectivity index (χ2v) is 18.7. The van der Waals surface area contributed by atoms with E-state index in [1.165, 1.54) is 23.5 Å². The third kappa shape index (κ3) is 10.9. The highest BCUT2D eigenvalue weighted by molar-refractivity contribution is 7.18. The van der Waals surface area contributed by atoms with Gasteiger partial charge in [-0.25, -0.2) is 9.78 Å². The highest BCUT2D eigenvalue weighted by Crippen LogP contribution is 2.57. The molecule has 6 rings (SSSR count). The van der Waals surface area contributed by atoms with Gasteiger partial charge in [-0.1, -0.05) is 51.8 Å². The molecule has 2 amide bonds. The molecule has 0 spiro atoms. The van der Waals surface area contributed by atoms with Crippen LogP contribution in [0.3, 0.4) is 0 Å². The summed E-state index contributed by atoms with van der Waals surface area (Å²) in [5, 5.41) is 24.2. The van der Waals surface area contributed by atoms with E-state index in [4.69, 9.17) is 23.7 Å². The minimum atomic E-state index is -1.67. The van der Waals surface area contributed by atoms with E-state index in [1.807, 2.05) is 19.9 Å². The molecule has 3 aromatic rings. The highest BCUT2D eigenvalue weighted by atomic mass is 32.1. The van der Waals surface area contributed by atoms with Crippen LogP contribution in [0.5, 0.6) is 5.75 Å². The number of carbonyl (C=O) groups is 6. The third-order valence-corrected chi connectivity index (χ3v) is 13.1. The number of ketones is 1. The number of rotatable bonds is 12. The summed E-state index contributed by atoms with van der Waals surface area (Å²) >= 11 is 1.49. The summed E-state index contributed by atoms with van der Waals surface area (Å²) in [6.07, 6.45) is 2.12. The van der Waals surface area contributed by atoms with E-state index in [1.54, 1.807) is 39.0 Å². The Morgan fingerprint density at radius 2 is 1.84 bits per heavy atom. The summed E-state index contributed by atoms with van der Waals surface area (Å²) in [7, 11) is 0. The molecule has 342 valence electrons. The molecule has 64 heavy (non-hydrogen) atoms. The van der Waals surface area contributed by atoms with E-state index in [-0.39, 0.29) is 48.8 Å². The van der Waals surface area contributed by atoms with Crippen molar-refractivity contribution in [2.75, 3.05) is 6.54 Å². The number of aryl methyl sites for hydroxylation is 1. The molecule has 3 aliphatic rings. The van der Waals surface area contributed by atoms with Crippen LogP contribution in [0.4, 0.5) is 10.5 Å². The maximum absolute atomic E-state index is 13.9. The Kier molecular flexibility index (Phi) is 14.5. The SMILES string of the molecule is C=CC[C@@H]1C[C@@H](C)CCC[C@@]2(C)O[C@]2(OC(=O)OCc2ccc(OC(=O)CCCN3C(=O)C=CC3=O)c([N+](=O)[O-])c2)C[C@@H](c2ccc3sc(C)nc3c2)OC(=O)C[C@H](O)C(C)(C)C1=O. The predicted octanol–water partition coefficient (Wildman–Crippen LogP) is 7.69. The summed E-state index contributed by atoms with van der Waals surface area (Å²) < 4.78 is 30.0. The molecule has 3 aliphatic heterocycles. The van der Waals surface area contributed by atoms with Crippen LogP contribution in [0.1, 0.15) is 108 Å². The van der Waals surface area contributed by atoms with Gasteiger partial charge < -0.3 is 28.8 Å².